The molecule has 1 aromatic rings. The van der Waals surface area contributed by atoms with Gasteiger partial charge < -0.3 is 14.8 Å². The van der Waals surface area contributed by atoms with Crippen molar-refractivity contribution in [1.82, 2.24) is 5.32 Å². The summed E-state index contributed by atoms with van der Waals surface area (Å²) in [7, 11) is 0. The summed E-state index contributed by atoms with van der Waals surface area (Å²) in [4.78, 5) is 51.1. The molecule has 7 nitrogen and oxygen atoms in total. The highest BCUT2D eigenvalue weighted by Crippen LogP contribution is 2.33. The Kier molecular flexibility index (Phi) is 11.4. The van der Waals surface area contributed by atoms with Crippen molar-refractivity contribution in [3.8, 4) is 0 Å². The van der Waals surface area contributed by atoms with Crippen LogP contribution in [-0.2, 0) is 30.3 Å². The Morgan fingerprint density at radius 3 is 2.26 bits per heavy atom. The van der Waals surface area contributed by atoms with Crippen molar-refractivity contribution >= 4 is 23.4 Å². The predicted octanol–water partition coefficient (Wildman–Crippen LogP) is 4.31. The molecule has 0 bridgehead atoms. The molecule has 1 N–H and O–H groups in total. The van der Waals surface area contributed by atoms with Crippen LogP contribution in [0.4, 0.5) is 4.79 Å². The zero-order chi connectivity index (χ0) is 25.1. The molecule has 0 aliphatic heterocycles. The number of hydrogen-bond donors (Lipinski definition) is 1. The predicted molar refractivity (Wildman–Crippen MR) is 129 cm³/mol. The monoisotopic (exact) mass is 473 g/mol. The zero-order valence-corrected chi connectivity index (χ0v) is 20.9. The molecule has 2 rings (SSSR count). The minimum absolute atomic E-state index is 0.0311. The molecule has 34 heavy (non-hydrogen) atoms. The third kappa shape index (κ3) is 10.6. The fourth-order valence-corrected chi connectivity index (χ4v) is 3.80. The number of ether oxygens (including phenoxy) is 2. The van der Waals surface area contributed by atoms with Crippen molar-refractivity contribution in [2.45, 2.75) is 78.4 Å². The summed E-state index contributed by atoms with van der Waals surface area (Å²) in [5.74, 6) is -1.45. The van der Waals surface area contributed by atoms with Crippen LogP contribution in [0.3, 0.4) is 0 Å². The van der Waals surface area contributed by atoms with Crippen LogP contribution in [0, 0.1) is 17.8 Å². The third-order valence-electron chi connectivity index (χ3n) is 5.74. The molecule has 188 valence electrons. The van der Waals surface area contributed by atoms with Gasteiger partial charge in [-0.25, -0.2) is 4.79 Å². The van der Waals surface area contributed by atoms with E-state index in [1.54, 1.807) is 0 Å². The van der Waals surface area contributed by atoms with Gasteiger partial charge in [-0.05, 0) is 56.9 Å². The third-order valence-corrected chi connectivity index (χ3v) is 5.74. The van der Waals surface area contributed by atoms with Gasteiger partial charge in [0.15, 0.2) is 11.6 Å². The average molecular weight is 474 g/mol. The quantitative estimate of drug-likeness (QED) is 0.284. The second-order valence-corrected chi connectivity index (χ2v) is 9.87. The Bertz CT molecular complexity index is 816. The minimum atomic E-state index is -0.789. The Hall–Kier alpha value is -2.54. The molecular formula is C27H39NO6. The van der Waals surface area contributed by atoms with E-state index in [0.29, 0.717) is 18.8 Å². The van der Waals surface area contributed by atoms with Gasteiger partial charge >= 0.3 is 6.09 Å². The van der Waals surface area contributed by atoms with Gasteiger partial charge in [-0.2, -0.15) is 0 Å². The van der Waals surface area contributed by atoms with Crippen molar-refractivity contribution in [1.29, 1.82) is 0 Å². The minimum Gasteiger partial charge on any atom is -0.447 e. The van der Waals surface area contributed by atoms with Crippen molar-refractivity contribution < 1.29 is 28.7 Å². The fourth-order valence-electron chi connectivity index (χ4n) is 3.80. The first-order chi connectivity index (χ1) is 16.2. The van der Waals surface area contributed by atoms with E-state index >= 15 is 0 Å². The van der Waals surface area contributed by atoms with Gasteiger partial charge in [-0.15, -0.1) is 0 Å². The maximum Gasteiger partial charge on any atom is 0.407 e. The van der Waals surface area contributed by atoms with Crippen molar-refractivity contribution in [3.05, 3.63) is 35.9 Å². The SMILES string of the molecule is CC(C)C[C@H](NC(=O)OCCOC(C)C)C(=O)C[C@@H](Cc1ccccc1)C(=O)C(=O)CC1CC1. The summed E-state index contributed by atoms with van der Waals surface area (Å²) in [6.07, 6.45) is 2.18. The van der Waals surface area contributed by atoms with Crippen LogP contribution in [0.2, 0.25) is 0 Å². The summed E-state index contributed by atoms with van der Waals surface area (Å²) >= 11 is 0. The molecule has 1 aliphatic carbocycles. The number of alkyl carbamates (subject to hydrolysis) is 1. The lowest BCUT2D eigenvalue weighted by atomic mass is 9.85. The topological polar surface area (TPSA) is 98.8 Å². The number of carbonyl (C=O) groups is 4. The standard InChI is InChI=1S/C27H39NO6/c1-18(2)14-23(28-27(32)34-13-12-33-19(3)4)24(29)17-22(15-20-8-6-5-7-9-20)26(31)25(30)16-21-10-11-21/h5-9,18-19,21-23H,10-17H2,1-4H3,(H,28,32)/t22-,23+/m1/s1. The molecule has 1 aliphatic rings. The van der Waals surface area contributed by atoms with Crippen LogP contribution in [0.15, 0.2) is 30.3 Å². The highest BCUT2D eigenvalue weighted by Gasteiger charge is 2.34. The van der Waals surface area contributed by atoms with Gasteiger partial charge in [0, 0.05) is 18.8 Å². The lowest BCUT2D eigenvalue weighted by Gasteiger charge is -2.22. The highest BCUT2D eigenvalue weighted by molar-refractivity contribution is 6.38. The summed E-state index contributed by atoms with van der Waals surface area (Å²) in [5.41, 5.74) is 0.894. The Morgan fingerprint density at radius 2 is 1.68 bits per heavy atom. The number of hydrogen-bond acceptors (Lipinski definition) is 6. The van der Waals surface area contributed by atoms with E-state index in [-0.39, 0.29) is 43.9 Å². The van der Waals surface area contributed by atoms with Gasteiger partial charge in [0.05, 0.1) is 18.8 Å². The number of nitrogens with one attached hydrogen (secondary N) is 1. The van der Waals surface area contributed by atoms with Gasteiger partial charge in [0.2, 0.25) is 5.78 Å². The normalized spacial score (nSPS) is 15.1. The number of ketones is 3. The van der Waals surface area contributed by atoms with Crippen LogP contribution in [0.25, 0.3) is 0 Å². The van der Waals surface area contributed by atoms with E-state index in [2.05, 4.69) is 5.32 Å². The summed E-state index contributed by atoms with van der Waals surface area (Å²) in [5, 5.41) is 2.65. The van der Waals surface area contributed by atoms with E-state index in [9.17, 15) is 19.2 Å². The lowest BCUT2D eigenvalue weighted by Crippen LogP contribution is -2.43. The number of carbonyl (C=O) groups excluding carboxylic acids is 4. The summed E-state index contributed by atoms with van der Waals surface area (Å²) in [6, 6.07) is 8.60. The highest BCUT2D eigenvalue weighted by atomic mass is 16.6. The van der Waals surface area contributed by atoms with Crippen LogP contribution >= 0.6 is 0 Å². The summed E-state index contributed by atoms with van der Waals surface area (Å²) < 4.78 is 10.5. The molecule has 0 unspecified atom stereocenters. The molecule has 2 atom stereocenters. The summed E-state index contributed by atoms with van der Waals surface area (Å²) in [6.45, 7) is 8.03. The first-order valence-corrected chi connectivity index (χ1v) is 12.3. The molecule has 0 aromatic heterocycles. The van der Waals surface area contributed by atoms with E-state index in [1.165, 1.54) is 0 Å². The molecule has 0 saturated heterocycles. The van der Waals surface area contributed by atoms with Crippen molar-refractivity contribution in [2.75, 3.05) is 13.2 Å². The van der Waals surface area contributed by atoms with Crippen molar-refractivity contribution in [3.63, 3.8) is 0 Å². The van der Waals surface area contributed by atoms with Crippen LogP contribution < -0.4 is 5.32 Å². The largest absolute Gasteiger partial charge is 0.447 e. The Labute approximate surface area is 203 Å². The van der Waals surface area contributed by atoms with Gasteiger partial charge in [-0.1, -0.05) is 44.2 Å². The first-order valence-electron chi connectivity index (χ1n) is 12.3. The van der Waals surface area contributed by atoms with E-state index in [0.717, 1.165) is 18.4 Å². The Morgan fingerprint density at radius 1 is 1.00 bits per heavy atom. The number of benzene rings is 1. The molecule has 0 radical (unpaired) electrons. The van der Waals surface area contributed by atoms with Crippen molar-refractivity contribution in [2.24, 2.45) is 17.8 Å². The molecular weight excluding hydrogens is 434 g/mol. The molecule has 1 fully saturated rings. The molecule has 1 aromatic carbocycles. The molecule has 1 amide bonds. The number of Topliss-reactive ketones (excluding diaryl/α,β-unsaturated/α-hetero) is 3. The van der Waals surface area contributed by atoms with E-state index < -0.39 is 29.6 Å². The zero-order valence-electron chi connectivity index (χ0n) is 20.9. The molecule has 7 heteroatoms. The molecule has 1 saturated carbocycles. The maximum absolute atomic E-state index is 13.2. The van der Waals surface area contributed by atoms with E-state index in [1.807, 2.05) is 58.0 Å². The Balaban J connectivity index is 2.05. The van der Waals surface area contributed by atoms with Crippen LogP contribution in [-0.4, -0.2) is 48.8 Å². The maximum atomic E-state index is 13.2. The van der Waals surface area contributed by atoms with Gasteiger partial charge in [0.25, 0.3) is 0 Å². The average Bonchev–Trinajstić information content (AvgIpc) is 3.59. The first kappa shape index (κ1) is 27.7. The van der Waals surface area contributed by atoms with Crippen LogP contribution in [0.5, 0.6) is 0 Å². The number of rotatable bonds is 16. The van der Waals surface area contributed by atoms with Gasteiger partial charge in [-0.3, -0.25) is 14.4 Å². The molecule has 0 heterocycles. The lowest BCUT2D eigenvalue weighted by molar-refractivity contribution is -0.140. The molecule has 0 spiro atoms. The smallest absolute Gasteiger partial charge is 0.407 e. The van der Waals surface area contributed by atoms with Gasteiger partial charge in [0.1, 0.15) is 6.61 Å². The van der Waals surface area contributed by atoms with E-state index in [4.69, 9.17) is 9.47 Å². The van der Waals surface area contributed by atoms with Crippen LogP contribution in [0.1, 0.15) is 65.4 Å². The second-order valence-electron chi connectivity index (χ2n) is 9.87. The fraction of sp³-hybridized carbons (Fsp3) is 0.630. The number of amides is 1. The second kappa shape index (κ2) is 14.0.